The molecule has 2 heterocycles. The van der Waals surface area contributed by atoms with Crippen molar-refractivity contribution in [2.45, 2.75) is 25.4 Å². The third kappa shape index (κ3) is 2.80. The topological polar surface area (TPSA) is 34.0 Å². The molecule has 2 aromatic rings. The van der Waals surface area contributed by atoms with Crippen LogP contribution in [0.5, 0.6) is 0 Å². The maximum Gasteiger partial charge on any atom is 0.417 e. The molecule has 1 aliphatic rings. The summed E-state index contributed by atoms with van der Waals surface area (Å²) in [6, 6.07) is 5.42. The van der Waals surface area contributed by atoms with Crippen molar-refractivity contribution in [2.75, 3.05) is 18.0 Å². The average molecular weight is 310 g/mol. The molecular formula is C15H17F3N4. The minimum atomic E-state index is -4.42. The van der Waals surface area contributed by atoms with Gasteiger partial charge in [-0.15, -0.1) is 5.10 Å². The van der Waals surface area contributed by atoms with Crippen molar-refractivity contribution in [1.29, 1.82) is 0 Å². The third-order valence-electron chi connectivity index (χ3n) is 3.85. The summed E-state index contributed by atoms with van der Waals surface area (Å²) >= 11 is 0. The molecule has 0 unspecified atom stereocenters. The molecule has 3 rings (SSSR count). The van der Waals surface area contributed by atoms with Crippen LogP contribution in [0.25, 0.3) is 11.4 Å². The molecule has 0 bridgehead atoms. The zero-order chi connectivity index (χ0) is 15.7. The van der Waals surface area contributed by atoms with Crippen LogP contribution in [0.3, 0.4) is 0 Å². The highest BCUT2D eigenvalue weighted by Crippen LogP contribution is 2.36. The molecule has 1 saturated heterocycles. The summed E-state index contributed by atoms with van der Waals surface area (Å²) in [5.41, 5.74) is -0.681. The van der Waals surface area contributed by atoms with E-state index in [9.17, 15) is 13.2 Å². The van der Waals surface area contributed by atoms with Gasteiger partial charge < -0.3 is 4.90 Å². The Morgan fingerprint density at radius 1 is 1.05 bits per heavy atom. The van der Waals surface area contributed by atoms with Gasteiger partial charge in [0, 0.05) is 25.7 Å². The number of nitrogens with zero attached hydrogens (tertiary/aromatic N) is 4. The zero-order valence-corrected chi connectivity index (χ0v) is 12.3. The average Bonchev–Trinajstić information content (AvgIpc) is 2.89. The Labute approximate surface area is 126 Å². The van der Waals surface area contributed by atoms with Crippen LogP contribution in [0, 0.1) is 0 Å². The lowest BCUT2D eigenvalue weighted by atomic mass is 10.1. The van der Waals surface area contributed by atoms with Gasteiger partial charge in [-0.3, -0.25) is 0 Å². The molecule has 1 aliphatic heterocycles. The van der Waals surface area contributed by atoms with E-state index in [0.717, 1.165) is 32.0 Å². The van der Waals surface area contributed by atoms with E-state index in [4.69, 9.17) is 0 Å². The van der Waals surface area contributed by atoms with Gasteiger partial charge in [0.2, 0.25) is 5.95 Å². The highest BCUT2D eigenvalue weighted by Gasteiger charge is 2.34. The Balaban J connectivity index is 2.00. The van der Waals surface area contributed by atoms with Crippen LogP contribution in [0.15, 0.2) is 24.3 Å². The fraction of sp³-hybridized carbons (Fsp3) is 0.467. The fourth-order valence-corrected chi connectivity index (χ4v) is 2.78. The lowest BCUT2D eigenvalue weighted by molar-refractivity contribution is -0.137. The lowest BCUT2D eigenvalue weighted by Crippen LogP contribution is -2.31. The molecule has 7 heteroatoms. The maximum absolute atomic E-state index is 13.1. The molecular weight excluding hydrogens is 293 g/mol. The fourth-order valence-electron chi connectivity index (χ4n) is 2.78. The number of rotatable bonds is 2. The van der Waals surface area contributed by atoms with Gasteiger partial charge in [-0.1, -0.05) is 18.2 Å². The summed E-state index contributed by atoms with van der Waals surface area (Å²) in [5.74, 6) is 0.752. The van der Waals surface area contributed by atoms with Crippen molar-refractivity contribution in [1.82, 2.24) is 14.8 Å². The summed E-state index contributed by atoms with van der Waals surface area (Å²) in [6.45, 7) is 1.74. The van der Waals surface area contributed by atoms with Gasteiger partial charge in [0.25, 0.3) is 0 Å². The van der Waals surface area contributed by atoms with Crippen LogP contribution >= 0.6 is 0 Å². The summed E-state index contributed by atoms with van der Waals surface area (Å²) < 4.78 is 40.9. The smallest absolute Gasteiger partial charge is 0.341 e. The van der Waals surface area contributed by atoms with Gasteiger partial charge in [-0.2, -0.15) is 18.2 Å². The highest BCUT2D eigenvalue weighted by molar-refractivity contribution is 5.62. The molecule has 1 fully saturated rings. The molecule has 22 heavy (non-hydrogen) atoms. The van der Waals surface area contributed by atoms with Gasteiger partial charge in [-0.05, 0) is 25.3 Å². The lowest BCUT2D eigenvalue weighted by Gasteiger charge is -2.26. The number of piperidine rings is 1. The van der Waals surface area contributed by atoms with E-state index in [2.05, 4.69) is 15.0 Å². The number of hydrogen-bond donors (Lipinski definition) is 0. The first kappa shape index (κ1) is 14.9. The van der Waals surface area contributed by atoms with Gasteiger partial charge >= 0.3 is 6.18 Å². The molecule has 118 valence electrons. The predicted molar refractivity (Wildman–Crippen MR) is 77.5 cm³/mol. The SMILES string of the molecule is Cn1nc(-c2ccccc2C(F)(F)F)nc1N1CCCCC1. The van der Waals surface area contributed by atoms with Crippen LogP contribution in [0.2, 0.25) is 0 Å². The monoisotopic (exact) mass is 310 g/mol. The van der Waals surface area contributed by atoms with Crippen LogP contribution in [-0.4, -0.2) is 27.9 Å². The number of benzene rings is 1. The predicted octanol–water partition coefficient (Wildman–Crippen LogP) is 3.49. The van der Waals surface area contributed by atoms with Crippen LogP contribution < -0.4 is 4.90 Å². The zero-order valence-electron chi connectivity index (χ0n) is 12.3. The Morgan fingerprint density at radius 3 is 2.41 bits per heavy atom. The number of aromatic nitrogens is 3. The largest absolute Gasteiger partial charge is 0.417 e. The van der Waals surface area contributed by atoms with E-state index in [0.29, 0.717) is 5.95 Å². The normalized spacial score (nSPS) is 16.1. The quantitative estimate of drug-likeness (QED) is 0.851. The second kappa shape index (κ2) is 5.62. The van der Waals surface area contributed by atoms with E-state index in [-0.39, 0.29) is 11.4 Å². The Hall–Kier alpha value is -2.05. The van der Waals surface area contributed by atoms with Crippen molar-refractivity contribution >= 4 is 5.95 Å². The van der Waals surface area contributed by atoms with Crippen molar-refractivity contribution < 1.29 is 13.2 Å². The molecule has 1 aromatic heterocycles. The standard InChI is InChI=1S/C15H17F3N4/c1-21-14(22-9-5-2-6-10-22)19-13(20-21)11-7-3-4-8-12(11)15(16,17)18/h3-4,7-8H,2,5-6,9-10H2,1H3. The molecule has 0 radical (unpaired) electrons. The van der Waals surface area contributed by atoms with Crippen molar-refractivity contribution in [3.05, 3.63) is 29.8 Å². The van der Waals surface area contributed by atoms with E-state index >= 15 is 0 Å². The number of anilines is 1. The summed E-state index contributed by atoms with van der Waals surface area (Å²) in [4.78, 5) is 6.44. The second-order valence-corrected chi connectivity index (χ2v) is 5.45. The van der Waals surface area contributed by atoms with Crippen molar-refractivity contribution in [3.63, 3.8) is 0 Å². The maximum atomic E-state index is 13.1. The highest BCUT2D eigenvalue weighted by atomic mass is 19.4. The first-order valence-corrected chi connectivity index (χ1v) is 7.29. The van der Waals surface area contributed by atoms with Crippen LogP contribution in [0.4, 0.5) is 19.1 Å². The van der Waals surface area contributed by atoms with Gasteiger partial charge in [-0.25, -0.2) is 4.68 Å². The summed E-state index contributed by atoms with van der Waals surface area (Å²) in [6.07, 6.45) is -1.10. The molecule has 0 aliphatic carbocycles. The van der Waals surface area contributed by atoms with Gasteiger partial charge in [0.1, 0.15) is 0 Å². The summed E-state index contributed by atoms with van der Waals surface area (Å²) in [7, 11) is 1.72. The Bertz CT molecular complexity index is 657. The molecule has 0 spiro atoms. The molecule has 0 saturated carbocycles. The second-order valence-electron chi connectivity index (χ2n) is 5.45. The van der Waals surface area contributed by atoms with E-state index in [1.807, 2.05) is 0 Å². The number of halogens is 3. The molecule has 1 aromatic carbocycles. The van der Waals surface area contributed by atoms with Crippen LogP contribution in [-0.2, 0) is 13.2 Å². The first-order chi connectivity index (χ1) is 10.5. The van der Waals surface area contributed by atoms with Crippen molar-refractivity contribution in [2.24, 2.45) is 7.05 Å². The molecule has 0 N–H and O–H groups in total. The summed E-state index contributed by atoms with van der Waals surface area (Å²) in [5, 5.41) is 4.19. The Kier molecular flexibility index (Phi) is 3.80. The number of aryl methyl sites for hydroxylation is 1. The van der Waals surface area contributed by atoms with E-state index < -0.39 is 11.7 Å². The minimum Gasteiger partial charge on any atom is -0.341 e. The molecule has 4 nitrogen and oxygen atoms in total. The number of alkyl halides is 3. The third-order valence-corrected chi connectivity index (χ3v) is 3.85. The van der Waals surface area contributed by atoms with Crippen LogP contribution in [0.1, 0.15) is 24.8 Å². The Morgan fingerprint density at radius 2 is 1.73 bits per heavy atom. The van der Waals surface area contributed by atoms with Gasteiger partial charge in [0.15, 0.2) is 5.82 Å². The van der Waals surface area contributed by atoms with E-state index in [1.165, 1.54) is 18.6 Å². The first-order valence-electron chi connectivity index (χ1n) is 7.29. The van der Waals surface area contributed by atoms with E-state index in [1.54, 1.807) is 17.8 Å². The molecule has 0 atom stereocenters. The number of hydrogen-bond acceptors (Lipinski definition) is 3. The minimum absolute atomic E-state index is 0.0221. The van der Waals surface area contributed by atoms with Crippen molar-refractivity contribution in [3.8, 4) is 11.4 Å². The van der Waals surface area contributed by atoms with Gasteiger partial charge in [0.05, 0.1) is 5.56 Å². The molecule has 0 amide bonds.